The van der Waals surface area contributed by atoms with Crippen LogP contribution in [0.25, 0.3) is 0 Å². The first-order valence-corrected chi connectivity index (χ1v) is 13.6. The fraction of sp³-hybridized carbons (Fsp3) is 0.440. The number of carboxylic acids is 1. The van der Waals surface area contributed by atoms with Crippen LogP contribution in [-0.4, -0.2) is 64.4 Å². The molecular weight excluding hydrogens is 589 g/mol. The Morgan fingerprint density at radius 3 is 2.79 bits per heavy atom. The van der Waals surface area contributed by atoms with E-state index in [0.717, 1.165) is 0 Å². The number of carbonyl (C=O) groups is 2. The van der Waals surface area contributed by atoms with E-state index in [4.69, 9.17) is 4.74 Å². The molecule has 0 amide bonds. The van der Waals surface area contributed by atoms with Crippen molar-refractivity contribution in [2.24, 2.45) is 10.9 Å². The van der Waals surface area contributed by atoms with Crippen molar-refractivity contribution < 1.29 is 32.6 Å². The third kappa shape index (κ3) is 4.98. The Hall–Kier alpha value is -2.77. The van der Waals surface area contributed by atoms with Crippen LogP contribution in [0.4, 0.5) is 13.2 Å². The molecule has 4 unspecified atom stereocenters. The molecule has 0 aliphatic carbocycles. The number of fused-ring (bicyclic) bond motifs is 2. The lowest BCUT2D eigenvalue weighted by Gasteiger charge is -2.40. The fourth-order valence-electron chi connectivity index (χ4n) is 5.70. The van der Waals surface area contributed by atoms with Gasteiger partial charge < -0.3 is 15.2 Å². The molecule has 2 fully saturated rings. The van der Waals surface area contributed by atoms with Gasteiger partial charge in [0, 0.05) is 42.7 Å². The van der Waals surface area contributed by atoms with E-state index in [9.17, 15) is 19.1 Å². The van der Waals surface area contributed by atoms with Crippen LogP contribution in [0.15, 0.2) is 50.5 Å². The monoisotopic (exact) mass is 612 g/mol. The van der Waals surface area contributed by atoms with Crippen molar-refractivity contribution in [3.63, 3.8) is 0 Å². The first-order chi connectivity index (χ1) is 18.1. The van der Waals surface area contributed by atoms with Gasteiger partial charge in [0.2, 0.25) is 0 Å². The van der Waals surface area contributed by atoms with E-state index in [1.165, 1.54) is 30.6 Å². The van der Waals surface area contributed by atoms with Gasteiger partial charge in [-0.1, -0.05) is 12.1 Å². The second-order valence-corrected chi connectivity index (χ2v) is 11.3. The number of benzene rings is 1. The smallest absolute Gasteiger partial charge is 0.338 e. The van der Waals surface area contributed by atoms with Gasteiger partial charge in [-0.25, -0.2) is 22.9 Å². The number of amidine groups is 1. The zero-order valence-corrected chi connectivity index (χ0v) is 22.6. The predicted octanol–water partition coefficient (Wildman–Crippen LogP) is 4.53. The molecule has 38 heavy (non-hydrogen) atoms. The molecular formula is C25H24BrF3N4O4S. The van der Waals surface area contributed by atoms with Crippen LogP contribution >= 0.6 is 27.3 Å². The fourth-order valence-corrected chi connectivity index (χ4v) is 6.77. The zero-order chi connectivity index (χ0) is 27.2. The minimum atomic E-state index is -3.00. The van der Waals surface area contributed by atoms with Crippen LogP contribution in [0, 0.1) is 11.7 Å². The molecule has 1 aromatic carbocycles. The zero-order valence-electron chi connectivity index (χ0n) is 20.2. The van der Waals surface area contributed by atoms with Crippen LogP contribution < -0.4 is 5.32 Å². The summed E-state index contributed by atoms with van der Waals surface area (Å²) < 4.78 is 49.9. The number of carbonyl (C=O) groups excluding carboxylic acids is 1. The number of ether oxygens (including phenoxy) is 1. The topological polar surface area (TPSA) is 104 Å². The molecule has 0 radical (unpaired) electrons. The van der Waals surface area contributed by atoms with Gasteiger partial charge in [-0.3, -0.25) is 14.7 Å². The van der Waals surface area contributed by atoms with Crippen LogP contribution in [0.3, 0.4) is 0 Å². The van der Waals surface area contributed by atoms with E-state index >= 15 is 8.78 Å². The van der Waals surface area contributed by atoms with E-state index in [2.05, 4.69) is 31.2 Å². The summed E-state index contributed by atoms with van der Waals surface area (Å²) in [4.78, 5) is 35.0. The van der Waals surface area contributed by atoms with Gasteiger partial charge in [0.05, 0.1) is 23.2 Å². The highest BCUT2D eigenvalue weighted by atomic mass is 79.9. The summed E-state index contributed by atoms with van der Waals surface area (Å²) in [5, 5.41) is 14.6. The van der Waals surface area contributed by atoms with Gasteiger partial charge in [0.25, 0.3) is 5.92 Å². The Bertz CT molecular complexity index is 1320. The van der Waals surface area contributed by atoms with Gasteiger partial charge in [-0.15, -0.1) is 11.3 Å². The number of piperidine rings is 1. The average Bonchev–Trinajstić information content (AvgIpc) is 3.44. The van der Waals surface area contributed by atoms with Gasteiger partial charge in [0.15, 0.2) is 10.8 Å². The third-order valence-electron chi connectivity index (χ3n) is 7.27. The summed E-state index contributed by atoms with van der Waals surface area (Å²) >= 11 is 4.56. The van der Waals surface area contributed by atoms with Crippen molar-refractivity contribution >= 4 is 45.0 Å². The lowest BCUT2D eigenvalue weighted by Crippen LogP contribution is -2.50. The number of aliphatic imine (C=N–C) groups is 1. The SMILES string of the molecule is COC(=O)C1=C(CN2C3CC(CC(=O)O)CC2C(F)(F)C3)NC(c2nccs2)=NC1c1cccc(F)c1Br. The summed E-state index contributed by atoms with van der Waals surface area (Å²) in [5.41, 5.74) is 0.754. The van der Waals surface area contributed by atoms with Crippen molar-refractivity contribution in [2.75, 3.05) is 13.7 Å². The molecule has 4 heterocycles. The summed E-state index contributed by atoms with van der Waals surface area (Å²) in [6, 6.07) is 1.65. The summed E-state index contributed by atoms with van der Waals surface area (Å²) in [5.74, 6) is -5.32. The van der Waals surface area contributed by atoms with Crippen LogP contribution in [-0.2, 0) is 14.3 Å². The number of thiazole rings is 1. The van der Waals surface area contributed by atoms with E-state index in [1.807, 2.05) is 0 Å². The summed E-state index contributed by atoms with van der Waals surface area (Å²) in [6.07, 6.45) is 1.38. The van der Waals surface area contributed by atoms with Crippen molar-refractivity contribution in [1.82, 2.24) is 15.2 Å². The highest BCUT2D eigenvalue weighted by Gasteiger charge is 2.57. The lowest BCUT2D eigenvalue weighted by molar-refractivity contribution is -0.139. The van der Waals surface area contributed by atoms with Gasteiger partial charge >= 0.3 is 11.9 Å². The van der Waals surface area contributed by atoms with Crippen LogP contribution in [0.5, 0.6) is 0 Å². The molecule has 1 aromatic heterocycles. The summed E-state index contributed by atoms with van der Waals surface area (Å²) in [6.45, 7) is -0.0526. The normalized spacial score (nSPS) is 26.6. The Morgan fingerprint density at radius 2 is 2.13 bits per heavy atom. The number of nitrogens with one attached hydrogen (secondary N) is 1. The molecule has 4 atom stereocenters. The third-order valence-corrected chi connectivity index (χ3v) is 8.89. The minimum absolute atomic E-state index is 0.0307. The second-order valence-electron chi connectivity index (χ2n) is 9.61. The average molecular weight is 613 g/mol. The second kappa shape index (κ2) is 10.4. The van der Waals surface area contributed by atoms with Gasteiger partial charge in [0.1, 0.15) is 11.9 Å². The molecule has 2 saturated heterocycles. The number of aliphatic carboxylic acids is 1. The molecule has 8 nitrogen and oxygen atoms in total. The van der Waals surface area contributed by atoms with E-state index in [-0.39, 0.29) is 41.8 Å². The van der Waals surface area contributed by atoms with Crippen molar-refractivity contribution in [2.45, 2.75) is 49.7 Å². The van der Waals surface area contributed by atoms with Gasteiger partial charge in [-0.05, 0) is 46.3 Å². The van der Waals surface area contributed by atoms with E-state index in [1.54, 1.807) is 22.5 Å². The van der Waals surface area contributed by atoms with Crippen LogP contribution in [0.2, 0.25) is 0 Å². The Labute approximate surface area is 228 Å². The highest BCUT2D eigenvalue weighted by molar-refractivity contribution is 9.10. The number of alkyl halides is 2. The maximum Gasteiger partial charge on any atom is 0.338 e. The van der Waals surface area contributed by atoms with E-state index < -0.39 is 41.8 Å². The standard InChI is InChI=1S/C25H24BrF3N4O4S/c1-37-24(36)19-16(11-33-13-7-12(9-18(34)35)8-17(33)25(28,29)10-13)31-22(23-30-5-6-38-23)32-21(19)14-3-2-4-15(27)20(14)26/h2-6,12-13,17,21H,7-11H2,1H3,(H,31,32)(H,34,35). The van der Waals surface area contributed by atoms with Gasteiger partial charge in [-0.2, -0.15) is 0 Å². The van der Waals surface area contributed by atoms with E-state index in [0.29, 0.717) is 28.5 Å². The molecule has 202 valence electrons. The molecule has 3 aliphatic rings. The lowest BCUT2D eigenvalue weighted by atomic mass is 9.87. The number of aromatic nitrogens is 1. The number of nitrogens with zero attached hydrogens (tertiary/aromatic N) is 3. The first kappa shape index (κ1) is 26.8. The molecule has 2 bridgehead atoms. The quantitative estimate of drug-likeness (QED) is 0.443. The number of hydrogen-bond donors (Lipinski definition) is 2. The van der Waals surface area contributed by atoms with Crippen molar-refractivity contribution in [3.8, 4) is 0 Å². The summed E-state index contributed by atoms with van der Waals surface area (Å²) in [7, 11) is 1.21. The number of esters is 1. The highest BCUT2D eigenvalue weighted by Crippen LogP contribution is 2.49. The largest absolute Gasteiger partial charge is 0.481 e. The van der Waals surface area contributed by atoms with Crippen LogP contribution in [0.1, 0.15) is 42.3 Å². The maximum atomic E-state index is 15.1. The van der Waals surface area contributed by atoms with Crippen molar-refractivity contribution in [1.29, 1.82) is 0 Å². The molecule has 0 saturated carbocycles. The number of carboxylic acid groups (broad SMARTS) is 1. The molecule has 2 aromatic rings. The number of methoxy groups -OCH3 is 1. The Kier molecular flexibility index (Phi) is 7.35. The van der Waals surface area contributed by atoms with Crippen molar-refractivity contribution in [3.05, 3.63) is 61.9 Å². The minimum Gasteiger partial charge on any atom is -0.481 e. The maximum absolute atomic E-state index is 15.1. The molecule has 5 rings (SSSR count). The Balaban J connectivity index is 1.58. The first-order valence-electron chi connectivity index (χ1n) is 11.9. The molecule has 3 aliphatic heterocycles. The molecule has 13 heteroatoms. The number of hydrogen-bond acceptors (Lipinski definition) is 8. The molecule has 0 spiro atoms. The number of halogens is 4. The predicted molar refractivity (Wildman–Crippen MR) is 136 cm³/mol. The molecule has 2 N–H and O–H groups in total. The Morgan fingerprint density at radius 1 is 1.34 bits per heavy atom. The number of rotatable bonds is 7.